The molecule has 0 aliphatic rings. The summed E-state index contributed by atoms with van der Waals surface area (Å²) in [7, 11) is 1.91. The van der Waals surface area contributed by atoms with Crippen molar-refractivity contribution in [2.24, 2.45) is 0 Å². The summed E-state index contributed by atoms with van der Waals surface area (Å²) in [6.07, 6.45) is -0.915. The van der Waals surface area contributed by atoms with Crippen LogP contribution in [-0.2, 0) is 4.79 Å². The number of aliphatic hydroxyl groups excluding tert-OH is 2. The minimum Gasteiger partial charge on any atom is -0.490 e. The standard InChI is InChI=1S/C23H30N6O5/c1-6-29(5)23-25-15(4)9-18(26-23)22-27-21(28-34-22)16-7-13(2)20(14(3)8-16)33-12-17(31)10-24-19(32)11-30/h7-9,17,30-31H,6,10-12H2,1-5H3,(H,24,32)/t17-/m0/s1. The highest BCUT2D eigenvalue weighted by Gasteiger charge is 2.17. The number of benzene rings is 1. The van der Waals surface area contributed by atoms with Crippen LogP contribution in [-0.4, -0.2) is 75.7 Å². The van der Waals surface area contributed by atoms with Crippen LogP contribution in [0, 0.1) is 20.8 Å². The monoisotopic (exact) mass is 470 g/mol. The number of amides is 1. The predicted octanol–water partition coefficient (Wildman–Crippen LogP) is 1.42. The van der Waals surface area contributed by atoms with Gasteiger partial charge in [-0.25, -0.2) is 9.97 Å². The van der Waals surface area contributed by atoms with E-state index in [-0.39, 0.29) is 13.2 Å². The lowest BCUT2D eigenvalue weighted by Gasteiger charge is -2.16. The molecule has 182 valence electrons. The van der Waals surface area contributed by atoms with Crippen molar-refractivity contribution < 1.29 is 24.3 Å². The van der Waals surface area contributed by atoms with Gasteiger partial charge in [0.05, 0.1) is 0 Å². The molecule has 0 saturated heterocycles. The second-order valence-electron chi connectivity index (χ2n) is 8.00. The molecule has 3 N–H and O–H groups in total. The van der Waals surface area contributed by atoms with Crippen LogP contribution in [0.1, 0.15) is 23.7 Å². The summed E-state index contributed by atoms with van der Waals surface area (Å²) in [6.45, 7) is 7.78. The van der Waals surface area contributed by atoms with Gasteiger partial charge in [-0.2, -0.15) is 4.98 Å². The molecule has 3 rings (SSSR count). The fourth-order valence-electron chi connectivity index (χ4n) is 3.25. The summed E-state index contributed by atoms with van der Waals surface area (Å²) in [5.74, 6) is 1.37. The van der Waals surface area contributed by atoms with E-state index in [0.717, 1.165) is 28.9 Å². The van der Waals surface area contributed by atoms with Crippen LogP contribution in [0.3, 0.4) is 0 Å². The second kappa shape index (κ2) is 11.0. The molecule has 34 heavy (non-hydrogen) atoms. The van der Waals surface area contributed by atoms with Gasteiger partial charge in [-0.15, -0.1) is 0 Å². The Labute approximate surface area is 197 Å². The first-order chi connectivity index (χ1) is 16.2. The van der Waals surface area contributed by atoms with E-state index >= 15 is 0 Å². The molecule has 11 heteroatoms. The first-order valence-electron chi connectivity index (χ1n) is 10.9. The van der Waals surface area contributed by atoms with E-state index in [1.165, 1.54) is 0 Å². The molecule has 1 atom stereocenters. The number of nitrogens with zero attached hydrogens (tertiary/aromatic N) is 5. The largest absolute Gasteiger partial charge is 0.490 e. The lowest BCUT2D eigenvalue weighted by molar-refractivity contribution is -0.124. The third kappa shape index (κ3) is 6.06. The molecule has 0 aliphatic carbocycles. The highest BCUT2D eigenvalue weighted by molar-refractivity contribution is 5.76. The topological polar surface area (TPSA) is 147 Å². The number of aliphatic hydroxyl groups is 2. The number of anilines is 1. The fraction of sp³-hybridized carbons (Fsp3) is 0.435. The summed E-state index contributed by atoms with van der Waals surface area (Å²) >= 11 is 0. The lowest BCUT2D eigenvalue weighted by Crippen LogP contribution is -2.36. The van der Waals surface area contributed by atoms with Crippen LogP contribution in [0.4, 0.5) is 5.95 Å². The molecule has 0 aliphatic heterocycles. The Hall–Kier alpha value is -3.57. The van der Waals surface area contributed by atoms with Gasteiger partial charge in [0.25, 0.3) is 5.89 Å². The molecule has 1 aromatic carbocycles. The van der Waals surface area contributed by atoms with E-state index in [2.05, 4.69) is 25.4 Å². The van der Waals surface area contributed by atoms with Gasteiger partial charge in [0.1, 0.15) is 30.8 Å². The molecule has 3 aromatic rings. The molecule has 0 bridgehead atoms. The smallest absolute Gasteiger partial charge is 0.277 e. The molecule has 1 amide bonds. The molecule has 0 spiro atoms. The van der Waals surface area contributed by atoms with Gasteiger partial charge in [-0.3, -0.25) is 4.79 Å². The minimum atomic E-state index is -0.915. The van der Waals surface area contributed by atoms with Gasteiger partial charge in [-0.1, -0.05) is 5.16 Å². The Bertz CT molecular complexity index is 1130. The van der Waals surface area contributed by atoms with Gasteiger partial charge < -0.3 is 29.7 Å². The maximum atomic E-state index is 11.1. The first-order valence-corrected chi connectivity index (χ1v) is 10.9. The van der Waals surface area contributed by atoms with E-state index in [0.29, 0.717) is 29.1 Å². The van der Waals surface area contributed by atoms with Crippen LogP contribution in [0.5, 0.6) is 5.75 Å². The summed E-state index contributed by atoms with van der Waals surface area (Å²) in [5.41, 5.74) is 3.77. The quantitative estimate of drug-likeness (QED) is 0.397. The molecule has 11 nitrogen and oxygen atoms in total. The summed E-state index contributed by atoms with van der Waals surface area (Å²) in [5, 5.41) is 25.2. The summed E-state index contributed by atoms with van der Waals surface area (Å²) < 4.78 is 11.3. The molecule has 2 heterocycles. The maximum Gasteiger partial charge on any atom is 0.277 e. The average molecular weight is 471 g/mol. The number of rotatable bonds is 10. The van der Waals surface area contributed by atoms with Crippen molar-refractivity contribution in [3.8, 4) is 28.7 Å². The van der Waals surface area contributed by atoms with Crippen LogP contribution < -0.4 is 15.0 Å². The van der Waals surface area contributed by atoms with Crippen molar-refractivity contribution in [3.63, 3.8) is 0 Å². The van der Waals surface area contributed by atoms with Crippen molar-refractivity contribution >= 4 is 11.9 Å². The number of ether oxygens (including phenoxy) is 1. The number of hydrogen-bond acceptors (Lipinski definition) is 10. The zero-order valence-electron chi connectivity index (χ0n) is 20.0. The van der Waals surface area contributed by atoms with E-state index in [9.17, 15) is 9.90 Å². The molecule has 0 fully saturated rings. The van der Waals surface area contributed by atoms with Crippen LogP contribution in [0.2, 0.25) is 0 Å². The molecular formula is C23H30N6O5. The zero-order valence-corrected chi connectivity index (χ0v) is 20.0. The Balaban J connectivity index is 1.76. The number of aryl methyl sites for hydroxylation is 3. The summed E-state index contributed by atoms with van der Waals surface area (Å²) in [4.78, 5) is 26.5. The maximum absolute atomic E-state index is 11.1. The minimum absolute atomic E-state index is 0.0132. The van der Waals surface area contributed by atoms with E-state index in [1.54, 1.807) is 6.07 Å². The number of nitrogens with one attached hydrogen (secondary N) is 1. The Morgan fingerprint density at radius 1 is 1.18 bits per heavy atom. The number of carbonyl (C=O) groups excluding carboxylic acids is 1. The highest BCUT2D eigenvalue weighted by Crippen LogP contribution is 2.30. The normalized spacial score (nSPS) is 11.9. The first kappa shape index (κ1) is 25.1. The van der Waals surface area contributed by atoms with Crippen molar-refractivity contribution in [2.45, 2.75) is 33.8 Å². The van der Waals surface area contributed by atoms with Crippen LogP contribution in [0.15, 0.2) is 22.7 Å². The van der Waals surface area contributed by atoms with Crippen molar-refractivity contribution in [1.29, 1.82) is 0 Å². The number of aromatic nitrogens is 4. The van der Waals surface area contributed by atoms with Gasteiger partial charge in [0, 0.05) is 31.4 Å². The lowest BCUT2D eigenvalue weighted by atomic mass is 10.1. The van der Waals surface area contributed by atoms with Gasteiger partial charge in [0.2, 0.25) is 17.7 Å². The van der Waals surface area contributed by atoms with Crippen LogP contribution >= 0.6 is 0 Å². The van der Waals surface area contributed by atoms with Crippen LogP contribution in [0.25, 0.3) is 23.0 Å². The summed E-state index contributed by atoms with van der Waals surface area (Å²) in [6, 6.07) is 5.54. The van der Waals surface area contributed by atoms with Gasteiger partial charge in [0.15, 0.2) is 0 Å². The Kier molecular flexibility index (Phi) is 8.13. The van der Waals surface area contributed by atoms with Crippen molar-refractivity contribution in [2.75, 3.05) is 38.3 Å². The molecule has 0 radical (unpaired) electrons. The molecule has 2 aromatic heterocycles. The van der Waals surface area contributed by atoms with Crippen molar-refractivity contribution in [3.05, 3.63) is 35.0 Å². The zero-order chi connectivity index (χ0) is 24.8. The Morgan fingerprint density at radius 3 is 2.53 bits per heavy atom. The van der Waals surface area contributed by atoms with Gasteiger partial charge >= 0.3 is 0 Å². The van der Waals surface area contributed by atoms with E-state index in [1.807, 2.05) is 51.8 Å². The predicted molar refractivity (Wildman–Crippen MR) is 126 cm³/mol. The molecular weight excluding hydrogens is 440 g/mol. The van der Waals surface area contributed by atoms with E-state index in [4.69, 9.17) is 14.4 Å². The highest BCUT2D eigenvalue weighted by atomic mass is 16.5. The van der Waals surface area contributed by atoms with Gasteiger partial charge in [-0.05, 0) is 57.0 Å². The molecule has 0 saturated carbocycles. The average Bonchev–Trinajstić information content (AvgIpc) is 3.31. The molecule has 0 unspecified atom stereocenters. The SMILES string of the molecule is CCN(C)c1nc(C)cc(-c2nc(-c3cc(C)c(OC[C@@H](O)CNC(=O)CO)c(C)c3)no2)n1. The third-order valence-electron chi connectivity index (χ3n) is 5.12. The fourth-order valence-corrected chi connectivity index (χ4v) is 3.25. The Morgan fingerprint density at radius 2 is 1.88 bits per heavy atom. The number of carbonyl (C=O) groups is 1. The van der Waals surface area contributed by atoms with Crippen molar-refractivity contribution in [1.82, 2.24) is 25.4 Å². The second-order valence-corrected chi connectivity index (χ2v) is 8.00. The third-order valence-corrected chi connectivity index (χ3v) is 5.12. The van der Waals surface area contributed by atoms with E-state index < -0.39 is 18.6 Å². The number of hydrogen-bond donors (Lipinski definition) is 3.